The fraction of sp³-hybridized carbons (Fsp3) is 0.105. The first-order chi connectivity index (χ1) is 13.8. The second-order valence-corrected chi connectivity index (χ2v) is 7.27. The highest BCUT2D eigenvalue weighted by atomic mass is 35.5. The van der Waals surface area contributed by atoms with E-state index in [1.165, 1.54) is 10.5 Å². The zero-order valence-electron chi connectivity index (χ0n) is 14.7. The minimum Gasteiger partial charge on any atom is -0.339 e. The zero-order chi connectivity index (χ0) is 20.9. The van der Waals surface area contributed by atoms with Gasteiger partial charge in [0.25, 0.3) is 0 Å². The van der Waals surface area contributed by atoms with Gasteiger partial charge in [-0.25, -0.2) is 4.98 Å². The lowest BCUT2D eigenvalue weighted by molar-refractivity contribution is -0.156. The van der Waals surface area contributed by atoms with Crippen molar-refractivity contribution in [2.24, 2.45) is 0 Å². The Morgan fingerprint density at radius 3 is 2.48 bits per heavy atom. The Morgan fingerprint density at radius 1 is 1.07 bits per heavy atom. The van der Waals surface area contributed by atoms with Crippen LogP contribution in [0.5, 0.6) is 0 Å². The first-order valence-corrected chi connectivity index (χ1v) is 9.60. The molecule has 6 bridgehead atoms. The van der Waals surface area contributed by atoms with Gasteiger partial charge >= 0.3 is 6.18 Å². The molecule has 10 heteroatoms. The molecule has 1 aromatic heterocycles. The number of anilines is 4. The average Bonchev–Trinajstić information content (AvgIpc) is 2.69. The minimum atomic E-state index is -4.64. The SMILES string of the molecule is Clc1cnc2nc1Nc1cccc(c1)SCc1cccc(c1)N2.O=CC(F)(F)F. The first kappa shape index (κ1) is 20.9. The van der Waals surface area contributed by atoms with Crippen molar-refractivity contribution >= 4 is 52.8 Å². The van der Waals surface area contributed by atoms with Gasteiger partial charge in [-0.05, 0) is 35.9 Å². The molecule has 29 heavy (non-hydrogen) atoms. The molecule has 0 aliphatic carbocycles. The molecule has 0 saturated carbocycles. The Bertz CT molecular complexity index is 1020. The Labute approximate surface area is 173 Å². The summed E-state index contributed by atoms with van der Waals surface area (Å²) in [6.45, 7) is 0. The number of alkyl halides is 3. The summed E-state index contributed by atoms with van der Waals surface area (Å²) in [7, 11) is 0. The molecule has 0 atom stereocenters. The number of nitrogens with one attached hydrogen (secondary N) is 2. The molecule has 5 nitrogen and oxygen atoms in total. The van der Waals surface area contributed by atoms with Gasteiger partial charge in [-0.2, -0.15) is 18.2 Å². The zero-order valence-corrected chi connectivity index (χ0v) is 16.3. The van der Waals surface area contributed by atoms with Gasteiger partial charge in [-0.3, -0.25) is 4.79 Å². The van der Waals surface area contributed by atoms with E-state index in [9.17, 15) is 13.2 Å². The van der Waals surface area contributed by atoms with E-state index < -0.39 is 12.5 Å². The van der Waals surface area contributed by atoms with Gasteiger partial charge < -0.3 is 10.6 Å². The molecule has 1 aliphatic heterocycles. The standard InChI is InChI=1S/C17H13ClN4S.C2HF3O/c18-15-9-19-17-21-12-4-1-3-11(7-12)10-23-14-6-2-5-13(8-14)20-16(15)22-17;3-2(4,5)1-6/h1-9H,10H2,(H2,19,20,21,22);1H. The number of thioether (sulfide) groups is 1. The molecule has 150 valence electrons. The summed E-state index contributed by atoms with van der Waals surface area (Å²) in [4.78, 5) is 18.6. The lowest BCUT2D eigenvalue weighted by atomic mass is 10.2. The molecule has 4 rings (SSSR count). The van der Waals surface area contributed by atoms with Crippen molar-refractivity contribution in [1.82, 2.24) is 9.97 Å². The maximum Gasteiger partial charge on any atom is 0.446 e. The molecule has 0 unspecified atom stereocenters. The van der Waals surface area contributed by atoms with Crippen LogP contribution in [0.1, 0.15) is 5.56 Å². The molecule has 2 N–H and O–H groups in total. The highest BCUT2D eigenvalue weighted by molar-refractivity contribution is 7.98. The molecule has 0 radical (unpaired) electrons. The van der Waals surface area contributed by atoms with E-state index in [1.54, 1.807) is 18.0 Å². The molecule has 3 aromatic rings. The van der Waals surface area contributed by atoms with Crippen LogP contribution in [0.4, 0.5) is 36.3 Å². The van der Waals surface area contributed by atoms with Crippen molar-refractivity contribution < 1.29 is 18.0 Å². The maximum atomic E-state index is 10.4. The smallest absolute Gasteiger partial charge is 0.339 e. The monoisotopic (exact) mass is 438 g/mol. The third-order valence-electron chi connectivity index (χ3n) is 3.56. The van der Waals surface area contributed by atoms with E-state index in [-0.39, 0.29) is 0 Å². The number of aldehydes is 1. The Balaban J connectivity index is 0.000000353. The molecule has 0 amide bonds. The second-order valence-electron chi connectivity index (χ2n) is 5.82. The van der Waals surface area contributed by atoms with E-state index in [0.29, 0.717) is 16.8 Å². The first-order valence-electron chi connectivity index (χ1n) is 8.24. The van der Waals surface area contributed by atoms with Gasteiger partial charge in [-0.15, -0.1) is 11.8 Å². The van der Waals surface area contributed by atoms with E-state index in [2.05, 4.69) is 44.9 Å². The van der Waals surface area contributed by atoms with Crippen LogP contribution >= 0.6 is 23.4 Å². The van der Waals surface area contributed by atoms with Crippen molar-refractivity contribution in [2.75, 3.05) is 10.6 Å². The predicted octanol–water partition coefficient (Wildman–Crippen LogP) is 5.97. The van der Waals surface area contributed by atoms with E-state index in [4.69, 9.17) is 16.4 Å². The second kappa shape index (κ2) is 9.15. The molecule has 0 spiro atoms. The van der Waals surface area contributed by atoms with Gasteiger partial charge in [0.05, 0.1) is 6.20 Å². The number of rotatable bonds is 0. The van der Waals surface area contributed by atoms with Gasteiger partial charge in [0.2, 0.25) is 12.2 Å². The number of aromatic nitrogens is 2. The number of halogens is 4. The van der Waals surface area contributed by atoms with Crippen LogP contribution in [0.3, 0.4) is 0 Å². The molecule has 1 aliphatic rings. The summed E-state index contributed by atoms with van der Waals surface area (Å²) in [5.41, 5.74) is 3.15. The Hall–Kier alpha value is -2.78. The molecular formula is C19H14ClF3N4OS. The number of nitrogens with zero attached hydrogens (tertiary/aromatic N) is 2. The van der Waals surface area contributed by atoms with Crippen molar-refractivity contribution in [1.29, 1.82) is 0 Å². The highest BCUT2D eigenvalue weighted by Gasteiger charge is 2.24. The molecular weight excluding hydrogens is 425 g/mol. The summed E-state index contributed by atoms with van der Waals surface area (Å²) < 4.78 is 31.2. The molecule has 0 fully saturated rings. The summed E-state index contributed by atoms with van der Waals surface area (Å²) >= 11 is 8.01. The van der Waals surface area contributed by atoms with E-state index in [1.807, 2.05) is 24.3 Å². The summed E-state index contributed by atoms with van der Waals surface area (Å²) in [5.74, 6) is 2.00. The Morgan fingerprint density at radius 2 is 1.76 bits per heavy atom. The molecule has 0 saturated heterocycles. The van der Waals surface area contributed by atoms with Gasteiger partial charge in [-0.1, -0.05) is 29.8 Å². The van der Waals surface area contributed by atoms with Crippen molar-refractivity contribution in [3.8, 4) is 0 Å². The normalized spacial score (nSPS) is 12.6. The quantitative estimate of drug-likeness (QED) is 0.421. The highest BCUT2D eigenvalue weighted by Crippen LogP contribution is 2.30. The van der Waals surface area contributed by atoms with Crippen molar-refractivity contribution in [3.05, 3.63) is 65.3 Å². The van der Waals surface area contributed by atoms with Crippen LogP contribution in [0.25, 0.3) is 0 Å². The van der Waals surface area contributed by atoms with Gasteiger partial charge in [0.1, 0.15) is 5.02 Å². The largest absolute Gasteiger partial charge is 0.446 e. The van der Waals surface area contributed by atoms with Crippen LogP contribution in [-0.4, -0.2) is 22.4 Å². The number of carbonyl (C=O) groups excluding carboxylic acids is 1. The average molecular weight is 439 g/mol. The number of benzene rings is 2. The number of hydrogen-bond donors (Lipinski definition) is 2. The number of fused-ring (bicyclic) bond motifs is 6. The Kier molecular flexibility index (Phi) is 6.60. The van der Waals surface area contributed by atoms with E-state index in [0.717, 1.165) is 17.1 Å². The van der Waals surface area contributed by atoms with Crippen LogP contribution in [-0.2, 0) is 10.5 Å². The maximum absolute atomic E-state index is 10.4. The number of hydrogen-bond acceptors (Lipinski definition) is 6. The summed E-state index contributed by atoms with van der Waals surface area (Å²) in [6, 6.07) is 16.5. The summed E-state index contributed by atoms with van der Waals surface area (Å²) in [6.07, 6.45) is -4.10. The minimum absolute atomic E-state index is 0.484. The van der Waals surface area contributed by atoms with Gasteiger partial charge in [0, 0.05) is 22.0 Å². The van der Waals surface area contributed by atoms with Crippen LogP contribution in [0.2, 0.25) is 5.02 Å². The molecule has 2 heterocycles. The van der Waals surface area contributed by atoms with Crippen LogP contribution in [0, 0.1) is 0 Å². The fourth-order valence-electron chi connectivity index (χ4n) is 2.35. The third kappa shape index (κ3) is 6.37. The summed E-state index contributed by atoms with van der Waals surface area (Å²) in [5, 5.41) is 6.97. The van der Waals surface area contributed by atoms with Crippen molar-refractivity contribution in [3.63, 3.8) is 0 Å². The van der Waals surface area contributed by atoms with Crippen LogP contribution in [0.15, 0.2) is 59.6 Å². The van der Waals surface area contributed by atoms with Crippen LogP contribution < -0.4 is 10.6 Å². The van der Waals surface area contributed by atoms with E-state index >= 15 is 0 Å². The topological polar surface area (TPSA) is 66.9 Å². The third-order valence-corrected chi connectivity index (χ3v) is 4.90. The molecule has 2 aromatic carbocycles. The lowest BCUT2D eigenvalue weighted by Crippen LogP contribution is -2.07. The lowest BCUT2D eigenvalue weighted by Gasteiger charge is -2.10. The predicted molar refractivity (Wildman–Crippen MR) is 108 cm³/mol. The number of carbonyl (C=O) groups is 1. The van der Waals surface area contributed by atoms with Crippen molar-refractivity contribution in [2.45, 2.75) is 16.8 Å². The fourth-order valence-corrected chi connectivity index (χ4v) is 3.39. The van der Waals surface area contributed by atoms with Gasteiger partial charge in [0.15, 0.2) is 5.82 Å².